The third-order valence-corrected chi connectivity index (χ3v) is 2.95. The lowest BCUT2D eigenvalue weighted by Gasteiger charge is -2.08. The summed E-state index contributed by atoms with van der Waals surface area (Å²) in [5.74, 6) is 0. The molecule has 2 N–H and O–H groups in total. The molecule has 0 aromatic carbocycles. The zero-order valence-corrected chi connectivity index (χ0v) is 6.56. The van der Waals surface area contributed by atoms with Crippen molar-refractivity contribution in [3.8, 4) is 0 Å². The molecule has 4 heteroatoms. The largest absolute Gasteiger partial charge is 0.514 e. The molecule has 0 amide bonds. The molecule has 0 saturated heterocycles. The molecule has 2 atom stereocenters. The second kappa shape index (κ2) is 3.25. The first kappa shape index (κ1) is 9.02. The third-order valence-electron chi connectivity index (χ3n) is 1.56. The quantitative estimate of drug-likeness (QED) is 0.588. The summed E-state index contributed by atoms with van der Waals surface area (Å²) in [4.78, 5) is 8.62. The zero-order chi connectivity index (χ0) is 7.49. The van der Waals surface area contributed by atoms with Crippen molar-refractivity contribution < 1.29 is 14.6 Å². The van der Waals surface area contributed by atoms with Crippen LogP contribution in [0.3, 0.4) is 0 Å². The van der Waals surface area contributed by atoms with Crippen molar-refractivity contribution in [1.82, 2.24) is 0 Å². The van der Waals surface area contributed by atoms with Gasteiger partial charge in [-0.15, -0.1) is 0 Å². The minimum Gasteiger partial charge on any atom is -0.391 e. The van der Waals surface area contributed by atoms with E-state index in [2.05, 4.69) is 0 Å². The monoisotopic (exact) mass is 151 g/mol. The SMILES string of the molecule is CCC(C)(CO)[P+](=O)O. The maximum atomic E-state index is 10.5. The first-order valence-corrected chi connectivity index (χ1v) is 4.05. The molecule has 0 aromatic heterocycles. The minimum absolute atomic E-state index is 0.227. The van der Waals surface area contributed by atoms with Crippen LogP contribution in [0.5, 0.6) is 0 Å². The first-order chi connectivity index (χ1) is 4.06. The van der Waals surface area contributed by atoms with Crippen LogP contribution in [0.15, 0.2) is 0 Å². The van der Waals surface area contributed by atoms with E-state index in [1.54, 1.807) is 13.8 Å². The summed E-state index contributed by atoms with van der Waals surface area (Å²) in [6.07, 6.45) is 0.523. The standard InChI is InChI=1S/C5H11O3P/c1-3-5(2,4-6)9(7)8/h6H,3-4H2,1-2H3/p+1. The molecule has 0 aliphatic heterocycles. The van der Waals surface area contributed by atoms with Crippen LogP contribution in [0, 0.1) is 0 Å². The van der Waals surface area contributed by atoms with E-state index < -0.39 is 13.2 Å². The molecule has 0 aromatic rings. The second-order valence-corrected chi connectivity index (χ2v) is 3.91. The lowest BCUT2D eigenvalue weighted by atomic mass is 10.1. The summed E-state index contributed by atoms with van der Waals surface area (Å²) in [6.45, 7) is 3.14. The molecular formula is C5H12O3P+. The Kier molecular flexibility index (Phi) is 3.26. The van der Waals surface area contributed by atoms with Crippen LogP contribution >= 0.6 is 8.03 Å². The highest BCUT2D eigenvalue weighted by Crippen LogP contribution is 2.36. The molecule has 2 unspecified atom stereocenters. The Hall–Kier alpha value is 0.0200. The van der Waals surface area contributed by atoms with Gasteiger partial charge in [0.25, 0.3) is 0 Å². The van der Waals surface area contributed by atoms with Gasteiger partial charge in [-0.2, -0.15) is 4.89 Å². The van der Waals surface area contributed by atoms with Gasteiger partial charge in [0.1, 0.15) is 0 Å². The number of aliphatic hydroxyl groups excluding tert-OH is 1. The zero-order valence-electron chi connectivity index (χ0n) is 5.66. The lowest BCUT2D eigenvalue weighted by molar-refractivity contribution is 0.240. The molecule has 0 radical (unpaired) electrons. The van der Waals surface area contributed by atoms with Crippen LogP contribution < -0.4 is 0 Å². The Labute approximate surface area is 55.6 Å². The predicted octanol–water partition coefficient (Wildman–Crippen LogP) is 0.882. The van der Waals surface area contributed by atoms with E-state index in [0.29, 0.717) is 6.42 Å². The molecular weight excluding hydrogens is 139 g/mol. The maximum Gasteiger partial charge on any atom is 0.514 e. The molecule has 0 spiro atoms. The van der Waals surface area contributed by atoms with E-state index >= 15 is 0 Å². The molecule has 3 nitrogen and oxygen atoms in total. The summed E-state index contributed by atoms with van der Waals surface area (Å²) in [7, 11) is -2.25. The Morgan fingerprint density at radius 1 is 1.67 bits per heavy atom. The highest BCUT2D eigenvalue weighted by atomic mass is 31.1. The van der Waals surface area contributed by atoms with Crippen molar-refractivity contribution in [2.75, 3.05) is 6.61 Å². The molecule has 0 fully saturated rings. The van der Waals surface area contributed by atoms with Crippen molar-refractivity contribution in [3.05, 3.63) is 0 Å². The van der Waals surface area contributed by atoms with E-state index in [1.165, 1.54) is 0 Å². The fourth-order valence-corrected chi connectivity index (χ4v) is 0.699. The summed E-state index contributed by atoms with van der Waals surface area (Å²) < 4.78 is 10.5. The van der Waals surface area contributed by atoms with Crippen molar-refractivity contribution in [3.63, 3.8) is 0 Å². The molecule has 9 heavy (non-hydrogen) atoms. The van der Waals surface area contributed by atoms with Gasteiger partial charge in [0.2, 0.25) is 5.16 Å². The smallest absolute Gasteiger partial charge is 0.391 e. The average molecular weight is 151 g/mol. The Morgan fingerprint density at radius 3 is 2.11 bits per heavy atom. The van der Waals surface area contributed by atoms with E-state index in [4.69, 9.17) is 10.00 Å². The molecule has 54 valence electrons. The summed E-state index contributed by atoms with van der Waals surface area (Å²) in [5, 5.41) is 7.82. The molecule has 0 aliphatic rings. The Bertz CT molecular complexity index is 109. The van der Waals surface area contributed by atoms with Crippen molar-refractivity contribution in [2.45, 2.75) is 25.4 Å². The first-order valence-electron chi connectivity index (χ1n) is 2.84. The van der Waals surface area contributed by atoms with Gasteiger partial charge in [-0.1, -0.05) is 6.92 Å². The lowest BCUT2D eigenvalue weighted by Crippen LogP contribution is -2.23. The molecule has 0 rings (SSSR count). The van der Waals surface area contributed by atoms with Crippen molar-refractivity contribution in [1.29, 1.82) is 0 Å². The fourth-order valence-electron chi connectivity index (χ4n) is 0.308. The van der Waals surface area contributed by atoms with Gasteiger partial charge in [0, 0.05) is 0 Å². The molecule has 0 bridgehead atoms. The number of aliphatic hydroxyl groups is 1. The minimum atomic E-state index is -2.25. The number of hydrogen-bond donors (Lipinski definition) is 2. The molecule has 0 aliphatic carbocycles. The van der Waals surface area contributed by atoms with Crippen LogP contribution in [-0.2, 0) is 4.57 Å². The summed E-state index contributed by atoms with van der Waals surface area (Å²) in [6, 6.07) is 0. The van der Waals surface area contributed by atoms with Crippen molar-refractivity contribution in [2.24, 2.45) is 0 Å². The van der Waals surface area contributed by atoms with Crippen molar-refractivity contribution >= 4 is 8.03 Å². The van der Waals surface area contributed by atoms with Crippen LogP contribution in [0.25, 0.3) is 0 Å². The third kappa shape index (κ3) is 2.01. The second-order valence-electron chi connectivity index (χ2n) is 2.28. The number of hydrogen-bond acceptors (Lipinski definition) is 2. The van der Waals surface area contributed by atoms with Crippen LogP contribution in [0.2, 0.25) is 0 Å². The Morgan fingerprint density at radius 2 is 2.11 bits per heavy atom. The van der Waals surface area contributed by atoms with Gasteiger partial charge >= 0.3 is 8.03 Å². The van der Waals surface area contributed by atoms with E-state index in [-0.39, 0.29) is 6.61 Å². The molecule has 0 saturated carbocycles. The average Bonchev–Trinajstić information content (AvgIpc) is 1.86. The van der Waals surface area contributed by atoms with Crippen LogP contribution in [0.1, 0.15) is 20.3 Å². The van der Waals surface area contributed by atoms with E-state index in [9.17, 15) is 4.57 Å². The maximum absolute atomic E-state index is 10.5. The van der Waals surface area contributed by atoms with E-state index in [1.807, 2.05) is 0 Å². The summed E-state index contributed by atoms with van der Waals surface area (Å²) in [5.41, 5.74) is 0. The summed E-state index contributed by atoms with van der Waals surface area (Å²) >= 11 is 0. The normalized spacial score (nSPS) is 18.9. The highest BCUT2D eigenvalue weighted by Gasteiger charge is 2.41. The molecule has 0 heterocycles. The van der Waals surface area contributed by atoms with Gasteiger partial charge < -0.3 is 5.11 Å². The predicted molar refractivity (Wildman–Crippen MR) is 35.6 cm³/mol. The van der Waals surface area contributed by atoms with Gasteiger partial charge in [-0.25, -0.2) is 0 Å². The fraction of sp³-hybridized carbons (Fsp3) is 1.00. The topological polar surface area (TPSA) is 57.5 Å². The van der Waals surface area contributed by atoms with Crippen LogP contribution in [-0.4, -0.2) is 21.8 Å². The van der Waals surface area contributed by atoms with Gasteiger partial charge in [0.15, 0.2) is 0 Å². The highest BCUT2D eigenvalue weighted by molar-refractivity contribution is 7.40. The van der Waals surface area contributed by atoms with Crippen LogP contribution in [0.4, 0.5) is 0 Å². The van der Waals surface area contributed by atoms with Gasteiger partial charge in [0.05, 0.1) is 6.61 Å². The van der Waals surface area contributed by atoms with Gasteiger partial charge in [-0.3, -0.25) is 0 Å². The Balaban J connectivity index is 4.09. The van der Waals surface area contributed by atoms with Gasteiger partial charge in [-0.05, 0) is 17.9 Å². The van der Waals surface area contributed by atoms with E-state index in [0.717, 1.165) is 0 Å². The number of rotatable bonds is 3.